The Morgan fingerprint density at radius 2 is 1.53 bits per heavy atom. The van der Waals surface area contributed by atoms with Gasteiger partial charge in [0.1, 0.15) is 18.1 Å². The van der Waals surface area contributed by atoms with Gasteiger partial charge in [-0.1, -0.05) is 30.3 Å². The summed E-state index contributed by atoms with van der Waals surface area (Å²) in [7, 11) is 0. The summed E-state index contributed by atoms with van der Waals surface area (Å²) in [6.45, 7) is 0.337. The van der Waals surface area contributed by atoms with Crippen molar-refractivity contribution in [2.75, 3.05) is 6.61 Å². The van der Waals surface area contributed by atoms with Gasteiger partial charge < -0.3 is 42.7 Å². The lowest BCUT2D eigenvalue weighted by molar-refractivity contribution is -0.143. The minimum absolute atomic E-state index is 0.0408. The standard InChI is InChI=1S/C21H31N5O8/c1-11(28)17(20(32)24-14(21(33)34)9-12-5-3-2-4-6-12)26-19(31)15(10-27)25-18(30)13(22)7-8-16(23)29/h2-6,11,13-15,17,27-28H,7-10,22H2,1H3,(H2,23,29)(H,24,32)(H,25,30)(H,26,31)(H,33,34). The van der Waals surface area contributed by atoms with Gasteiger partial charge in [-0.3, -0.25) is 19.2 Å². The minimum atomic E-state index is -1.58. The van der Waals surface area contributed by atoms with E-state index in [-0.39, 0.29) is 19.3 Å². The highest BCUT2D eigenvalue weighted by Crippen LogP contribution is 2.05. The molecule has 1 aromatic carbocycles. The zero-order chi connectivity index (χ0) is 25.8. The summed E-state index contributed by atoms with van der Waals surface area (Å²) in [5.74, 6) is -4.83. The number of rotatable bonds is 14. The first-order valence-corrected chi connectivity index (χ1v) is 10.5. The molecule has 0 bridgehead atoms. The number of carboxylic acids is 1. The van der Waals surface area contributed by atoms with Crippen LogP contribution in [0.5, 0.6) is 0 Å². The van der Waals surface area contributed by atoms with Gasteiger partial charge in [-0.15, -0.1) is 0 Å². The highest BCUT2D eigenvalue weighted by atomic mass is 16.4. The number of hydrogen-bond donors (Lipinski definition) is 8. The number of carbonyl (C=O) groups is 5. The van der Waals surface area contributed by atoms with Crippen LogP contribution in [0.25, 0.3) is 0 Å². The summed E-state index contributed by atoms with van der Waals surface area (Å²) in [6.07, 6.45) is -1.73. The van der Waals surface area contributed by atoms with E-state index in [1.807, 2.05) is 0 Å². The molecule has 1 rings (SSSR count). The van der Waals surface area contributed by atoms with Gasteiger partial charge >= 0.3 is 5.97 Å². The maximum atomic E-state index is 12.7. The molecule has 13 heteroatoms. The predicted octanol–water partition coefficient (Wildman–Crippen LogP) is -3.27. The number of benzene rings is 1. The maximum Gasteiger partial charge on any atom is 0.326 e. The van der Waals surface area contributed by atoms with Gasteiger partial charge in [0.2, 0.25) is 23.6 Å². The van der Waals surface area contributed by atoms with Crippen LogP contribution in [0, 0.1) is 0 Å². The zero-order valence-corrected chi connectivity index (χ0v) is 18.6. The van der Waals surface area contributed by atoms with Crippen LogP contribution in [-0.2, 0) is 30.4 Å². The lowest BCUT2D eigenvalue weighted by Gasteiger charge is -2.26. The molecule has 0 saturated heterocycles. The molecule has 0 fully saturated rings. The first-order chi connectivity index (χ1) is 16.0. The molecule has 0 heterocycles. The van der Waals surface area contributed by atoms with Gasteiger partial charge in [0, 0.05) is 12.8 Å². The fraction of sp³-hybridized carbons (Fsp3) is 0.476. The number of carboxylic acid groups (broad SMARTS) is 1. The number of nitrogens with one attached hydrogen (secondary N) is 3. The quantitative estimate of drug-likeness (QED) is 0.133. The summed E-state index contributed by atoms with van der Waals surface area (Å²) >= 11 is 0. The molecular formula is C21H31N5O8. The molecule has 0 saturated carbocycles. The van der Waals surface area contributed by atoms with Gasteiger partial charge in [-0.2, -0.15) is 0 Å². The molecule has 34 heavy (non-hydrogen) atoms. The number of aliphatic hydroxyl groups excluding tert-OH is 2. The Labute approximate surface area is 195 Å². The van der Waals surface area contributed by atoms with Crippen LogP contribution in [-0.4, -0.2) is 81.8 Å². The fourth-order valence-electron chi connectivity index (χ4n) is 2.87. The van der Waals surface area contributed by atoms with Crippen molar-refractivity contribution in [3.05, 3.63) is 35.9 Å². The summed E-state index contributed by atoms with van der Waals surface area (Å²) in [6, 6.07) is 2.88. The van der Waals surface area contributed by atoms with Crippen molar-refractivity contribution in [1.29, 1.82) is 0 Å². The van der Waals surface area contributed by atoms with Crippen LogP contribution >= 0.6 is 0 Å². The molecule has 0 radical (unpaired) electrons. The van der Waals surface area contributed by atoms with Crippen molar-refractivity contribution in [3.8, 4) is 0 Å². The molecule has 13 nitrogen and oxygen atoms in total. The van der Waals surface area contributed by atoms with Crippen LogP contribution in [0.1, 0.15) is 25.3 Å². The molecule has 188 valence electrons. The van der Waals surface area contributed by atoms with E-state index < -0.39 is 66.5 Å². The summed E-state index contributed by atoms with van der Waals surface area (Å²) < 4.78 is 0. The monoisotopic (exact) mass is 481 g/mol. The fourth-order valence-corrected chi connectivity index (χ4v) is 2.87. The van der Waals surface area contributed by atoms with Crippen molar-refractivity contribution < 1.29 is 39.3 Å². The van der Waals surface area contributed by atoms with Gasteiger partial charge in [0.15, 0.2) is 0 Å². The molecule has 0 aromatic heterocycles. The second-order valence-electron chi connectivity index (χ2n) is 7.67. The van der Waals surface area contributed by atoms with Crippen molar-refractivity contribution >= 4 is 29.6 Å². The maximum absolute atomic E-state index is 12.7. The molecule has 0 spiro atoms. The Morgan fingerprint density at radius 3 is 2.03 bits per heavy atom. The van der Waals surface area contributed by atoms with E-state index in [0.29, 0.717) is 5.56 Å². The van der Waals surface area contributed by atoms with Crippen LogP contribution < -0.4 is 27.4 Å². The molecule has 10 N–H and O–H groups in total. The van der Waals surface area contributed by atoms with E-state index in [1.165, 1.54) is 6.92 Å². The van der Waals surface area contributed by atoms with Gasteiger partial charge in [-0.25, -0.2) is 4.79 Å². The van der Waals surface area contributed by atoms with Crippen molar-refractivity contribution in [2.45, 2.75) is 56.5 Å². The smallest absolute Gasteiger partial charge is 0.326 e. The Kier molecular flexibility index (Phi) is 11.6. The lowest BCUT2D eigenvalue weighted by atomic mass is 10.0. The molecular weight excluding hydrogens is 450 g/mol. The summed E-state index contributed by atoms with van der Waals surface area (Å²) in [5, 5.41) is 35.6. The summed E-state index contributed by atoms with van der Waals surface area (Å²) in [5.41, 5.74) is 11.3. The SMILES string of the molecule is CC(O)C(NC(=O)C(CO)NC(=O)C(N)CCC(N)=O)C(=O)NC(Cc1ccccc1)C(=O)O. The van der Waals surface area contributed by atoms with Crippen LogP contribution in [0.2, 0.25) is 0 Å². The van der Waals surface area contributed by atoms with Crippen LogP contribution in [0.3, 0.4) is 0 Å². The minimum Gasteiger partial charge on any atom is -0.480 e. The second kappa shape index (κ2) is 13.9. The Morgan fingerprint density at radius 1 is 0.941 bits per heavy atom. The highest BCUT2D eigenvalue weighted by molar-refractivity contribution is 5.94. The topological polar surface area (TPSA) is 234 Å². The molecule has 5 unspecified atom stereocenters. The van der Waals surface area contributed by atoms with Gasteiger partial charge in [0.25, 0.3) is 0 Å². The van der Waals surface area contributed by atoms with E-state index >= 15 is 0 Å². The van der Waals surface area contributed by atoms with Crippen molar-refractivity contribution in [2.24, 2.45) is 11.5 Å². The molecule has 0 aliphatic carbocycles. The normalized spacial score (nSPS) is 15.2. The number of aliphatic carboxylic acids is 1. The third-order valence-corrected chi connectivity index (χ3v) is 4.81. The molecule has 0 aliphatic rings. The van der Waals surface area contributed by atoms with Gasteiger partial charge in [0.05, 0.1) is 18.8 Å². The number of aliphatic hydroxyl groups is 2. The Bertz CT molecular complexity index is 864. The van der Waals surface area contributed by atoms with E-state index in [2.05, 4.69) is 16.0 Å². The van der Waals surface area contributed by atoms with Crippen molar-refractivity contribution in [1.82, 2.24) is 16.0 Å². The van der Waals surface area contributed by atoms with E-state index in [1.54, 1.807) is 30.3 Å². The highest BCUT2D eigenvalue weighted by Gasteiger charge is 2.32. The van der Waals surface area contributed by atoms with Crippen molar-refractivity contribution in [3.63, 3.8) is 0 Å². The van der Waals surface area contributed by atoms with E-state index in [4.69, 9.17) is 11.5 Å². The number of amides is 4. The molecule has 0 aliphatic heterocycles. The number of hydrogen-bond acceptors (Lipinski definition) is 8. The third kappa shape index (κ3) is 9.52. The Hall–Kier alpha value is -3.55. The van der Waals surface area contributed by atoms with Gasteiger partial charge in [-0.05, 0) is 18.9 Å². The first kappa shape index (κ1) is 28.5. The average Bonchev–Trinajstić information content (AvgIpc) is 2.78. The number of nitrogens with two attached hydrogens (primary N) is 2. The Balaban J connectivity index is 2.82. The number of primary amides is 1. The second-order valence-corrected chi connectivity index (χ2v) is 7.67. The number of carbonyl (C=O) groups excluding carboxylic acids is 4. The largest absolute Gasteiger partial charge is 0.480 e. The van der Waals surface area contributed by atoms with Crippen LogP contribution in [0.4, 0.5) is 0 Å². The third-order valence-electron chi connectivity index (χ3n) is 4.81. The first-order valence-electron chi connectivity index (χ1n) is 10.5. The zero-order valence-electron chi connectivity index (χ0n) is 18.6. The predicted molar refractivity (Wildman–Crippen MR) is 119 cm³/mol. The molecule has 5 atom stereocenters. The van der Waals surface area contributed by atoms with E-state index in [9.17, 15) is 39.3 Å². The lowest BCUT2D eigenvalue weighted by Crippen LogP contribution is -2.60. The van der Waals surface area contributed by atoms with Crippen LogP contribution in [0.15, 0.2) is 30.3 Å². The summed E-state index contributed by atoms with van der Waals surface area (Å²) in [4.78, 5) is 59.7. The van der Waals surface area contributed by atoms with E-state index in [0.717, 1.165) is 0 Å². The average molecular weight is 482 g/mol. The molecule has 4 amide bonds. The molecule has 1 aromatic rings.